The predicted octanol–water partition coefficient (Wildman–Crippen LogP) is 8.82. The molecule has 0 aliphatic heterocycles. The van der Waals surface area contributed by atoms with E-state index in [0.717, 1.165) is 33.4 Å². The fourth-order valence-corrected chi connectivity index (χ4v) is 4.60. The molecule has 3 nitrogen and oxygen atoms in total. The van der Waals surface area contributed by atoms with Gasteiger partial charge in [-0.1, -0.05) is 120 Å². The number of rotatable bonds is 5. The van der Waals surface area contributed by atoms with E-state index in [2.05, 4.69) is 80.6 Å². The van der Waals surface area contributed by atoms with Crippen molar-refractivity contribution in [3.05, 3.63) is 139 Å². The first-order valence-electron chi connectivity index (χ1n) is 12.8. The molecule has 1 aromatic heterocycles. The number of nitrogens with zero attached hydrogens (tertiary/aromatic N) is 3. The Morgan fingerprint density at radius 3 is 1.34 bits per heavy atom. The number of aryl methyl sites for hydroxylation is 2. The van der Waals surface area contributed by atoms with Gasteiger partial charge in [0.15, 0.2) is 17.5 Å². The highest BCUT2D eigenvalue weighted by Gasteiger charge is 2.14. The molecule has 0 unspecified atom stereocenters. The monoisotopic (exact) mass is 489 g/mol. The summed E-state index contributed by atoms with van der Waals surface area (Å²) in [7, 11) is 0. The third-order valence-corrected chi connectivity index (χ3v) is 6.63. The van der Waals surface area contributed by atoms with E-state index in [1.165, 1.54) is 16.7 Å². The average Bonchev–Trinajstić information content (AvgIpc) is 2.98. The third-order valence-electron chi connectivity index (χ3n) is 6.63. The molecule has 1 heterocycles. The van der Waals surface area contributed by atoms with Crippen molar-refractivity contribution in [2.24, 2.45) is 0 Å². The standard InChI is InChI=1S/C35H27N3/c1-24-16-18-26(19-17-24)30-21-31(29-15-9-10-25(2)20-29)23-32(22-30)35-37-33(27-11-5-3-6-12-27)36-34(38-35)28-13-7-4-8-14-28/h3-23H,1-2H3. The summed E-state index contributed by atoms with van der Waals surface area (Å²) < 4.78 is 0. The van der Waals surface area contributed by atoms with Gasteiger partial charge in [-0.05, 0) is 54.3 Å². The van der Waals surface area contributed by atoms with E-state index in [1.807, 2.05) is 60.7 Å². The Balaban J connectivity index is 1.58. The maximum Gasteiger partial charge on any atom is 0.164 e. The van der Waals surface area contributed by atoms with E-state index in [1.54, 1.807) is 0 Å². The fraction of sp³-hybridized carbons (Fsp3) is 0.0571. The highest BCUT2D eigenvalue weighted by atomic mass is 15.0. The molecule has 0 radical (unpaired) electrons. The lowest BCUT2D eigenvalue weighted by atomic mass is 9.95. The molecule has 0 spiro atoms. The zero-order valence-corrected chi connectivity index (χ0v) is 21.5. The fourth-order valence-electron chi connectivity index (χ4n) is 4.60. The number of hydrogen-bond donors (Lipinski definition) is 0. The van der Waals surface area contributed by atoms with E-state index >= 15 is 0 Å². The second-order valence-electron chi connectivity index (χ2n) is 9.57. The van der Waals surface area contributed by atoms with Crippen molar-refractivity contribution in [3.8, 4) is 56.4 Å². The first-order valence-corrected chi connectivity index (χ1v) is 12.8. The minimum Gasteiger partial charge on any atom is -0.208 e. The molecule has 0 aliphatic rings. The van der Waals surface area contributed by atoms with Gasteiger partial charge in [0.25, 0.3) is 0 Å². The smallest absolute Gasteiger partial charge is 0.164 e. The highest BCUT2D eigenvalue weighted by Crippen LogP contribution is 2.33. The van der Waals surface area contributed by atoms with Crippen LogP contribution in [0.2, 0.25) is 0 Å². The van der Waals surface area contributed by atoms with Gasteiger partial charge in [0, 0.05) is 16.7 Å². The highest BCUT2D eigenvalue weighted by molar-refractivity contribution is 5.80. The molecule has 0 aliphatic carbocycles. The maximum absolute atomic E-state index is 4.98. The van der Waals surface area contributed by atoms with E-state index in [0.29, 0.717) is 17.5 Å². The number of aromatic nitrogens is 3. The van der Waals surface area contributed by atoms with Crippen LogP contribution in [0.25, 0.3) is 56.4 Å². The Morgan fingerprint density at radius 1 is 0.316 bits per heavy atom. The number of hydrogen-bond acceptors (Lipinski definition) is 3. The Morgan fingerprint density at radius 2 is 0.789 bits per heavy atom. The SMILES string of the molecule is Cc1ccc(-c2cc(-c3cccc(C)c3)cc(-c3nc(-c4ccccc4)nc(-c4ccccc4)n3)c2)cc1. The predicted molar refractivity (Wildman–Crippen MR) is 156 cm³/mol. The molecular formula is C35H27N3. The van der Waals surface area contributed by atoms with Crippen molar-refractivity contribution in [1.82, 2.24) is 15.0 Å². The molecule has 38 heavy (non-hydrogen) atoms. The zero-order chi connectivity index (χ0) is 25.9. The molecule has 5 aromatic carbocycles. The molecule has 0 N–H and O–H groups in total. The first kappa shape index (κ1) is 23.5. The molecule has 0 amide bonds. The van der Waals surface area contributed by atoms with Gasteiger partial charge in [-0.25, -0.2) is 15.0 Å². The van der Waals surface area contributed by atoms with Gasteiger partial charge in [0.05, 0.1) is 0 Å². The Hall–Kier alpha value is -4.89. The van der Waals surface area contributed by atoms with E-state index in [9.17, 15) is 0 Å². The summed E-state index contributed by atoms with van der Waals surface area (Å²) in [6.07, 6.45) is 0. The molecule has 6 aromatic rings. The van der Waals surface area contributed by atoms with Crippen LogP contribution in [0.4, 0.5) is 0 Å². The van der Waals surface area contributed by atoms with E-state index < -0.39 is 0 Å². The lowest BCUT2D eigenvalue weighted by Gasteiger charge is -2.13. The van der Waals surface area contributed by atoms with Crippen LogP contribution in [0.15, 0.2) is 127 Å². The first-order chi connectivity index (χ1) is 18.6. The summed E-state index contributed by atoms with van der Waals surface area (Å²) in [6, 6.07) is 44.1. The molecule has 0 atom stereocenters. The van der Waals surface area contributed by atoms with Gasteiger partial charge < -0.3 is 0 Å². The van der Waals surface area contributed by atoms with Crippen LogP contribution in [0.1, 0.15) is 11.1 Å². The summed E-state index contributed by atoms with van der Waals surface area (Å²) in [5, 5.41) is 0. The minimum atomic E-state index is 0.653. The lowest BCUT2D eigenvalue weighted by molar-refractivity contribution is 1.07. The molecule has 3 heteroatoms. The summed E-state index contributed by atoms with van der Waals surface area (Å²) >= 11 is 0. The van der Waals surface area contributed by atoms with Gasteiger partial charge in [0.2, 0.25) is 0 Å². The van der Waals surface area contributed by atoms with Gasteiger partial charge in [-0.2, -0.15) is 0 Å². The van der Waals surface area contributed by atoms with Gasteiger partial charge in [-0.15, -0.1) is 0 Å². The molecule has 182 valence electrons. The third kappa shape index (κ3) is 5.00. The number of benzene rings is 5. The summed E-state index contributed by atoms with van der Waals surface area (Å²) in [5.41, 5.74) is 9.92. The van der Waals surface area contributed by atoms with Crippen molar-refractivity contribution in [1.29, 1.82) is 0 Å². The lowest BCUT2D eigenvalue weighted by Crippen LogP contribution is -2.00. The summed E-state index contributed by atoms with van der Waals surface area (Å²) in [5.74, 6) is 1.97. The quantitative estimate of drug-likeness (QED) is 0.243. The Labute approximate surface area is 223 Å². The van der Waals surface area contributed by atoms with Crippen LogP contribution in [0.3, 0.4) is 0 Å². The van der Waals surface area contributed by atoms with Gasteiger partial charge >= 0.3 is 0 Å². The Kier molecular flexibility index (Phi) is 6.33. The molecule has 0 fully saturated rings. The Bertz CT molecular complexity index is 1650. The second-order valence-corrected chi connectivity index (χ2v) is 9.57. The van der Waals surface area contributed by atoms with Gasteiger partial charge in [-0.3, -0.25) is 0 Å². The van der Waals surface area contributed by atoms with Crippen LogP contribution >= 0.6 is 0 Å². The molecule has 0 saturated carbocycles. The van der Waals surface area contributed by atoms with Crippen molar-refractivity contribution in [2.75, 3.05) is 0 Å². The van der Waals surface area contributed by atoms with Crippen LogP contribution in [0.5, 0.6) is 0 Å². The van der Waals surface area contributed by atoms with Crippen molar-refractivity contribution in [2.45, 2.75) is 13.8 Å². The normalized spacial score (nSPS) is 10.9. The van der Waals surface area contributed by atoms with Crippen LogP contribution in [0, 0.1) is 13.8 Å². The van der Waals surface area contributed by atoms with E-state index in [4.69, 9.17) is 15.0 Å². The van der Waals surface area contributed by atoms with Gasteiger partial charge in [0.1, 0.15) is 0 Å². The minimum absolute atomic E-state index is 0.653. The average molecular weight is 490 g/mol. The second kappa shape index (κ2) is 10.2. The topological polar surface area (TPSA) is 38.7 Å². The largest absolute Gasteiger partial charge is 0.208 e. The summed E-state index contributed by atoms with van der Waals surface area (Å²) in [4.78, 5) is 14.8. The van der Waals surface area contributed by atoms with Crippen LogP contribution < -0.4 is 0 Å². The van der Waals surface area contributed by atoms with Crippen LogP contribution in [-0.2, 0) is 0 Å². The molecular weight excluding hydrogens is 462 g/mol. The van der Waals surface area contributed by atoms with E-state index in [-0.39, 0.29) is 0 Å². The van der Waals surface area contributed by atoms with Crippen molar-refractivity contribution < 1.29 is 0 Å². The maximum atomic E-state index is 4.98. The molecule has 0 bridgehead atoms. The van der Waals surface area contributed by atoms with Crippen molar-refractivity contribution >= 4 is 0 Å². The van der Waals surface area contributed by atoms with Crippen molar-refractivity contribution in [3.63, 3.8) is 0 Å². The molecule has 0 saturated heterocycles. The summed E-state index contributed by atoms with van der Waals surface area (Å²) in [6.45, 7) is 4.23. The zero-order valence-electron chi connectivity index (χ0n) is 21.5. The molecule has 6 rings (SSSR count). The van der Waals surface area contributed by atoms with Crippen LogP contribution in [-0.4, -0.2) is 15.0 Å².